The molecule has 0 aromatic carbocycles. The van der Waals surface area contributed by atoms with Gasteiger partial charge < -0.3 is 10.1 Å². The fourth-order valence-electron chi connectivity index (χ4n) is 1.57. The number of allylic oxidation sites excluding steroid dienone is 2. The molecule has 3 nitrogen and oxygen atoms in total. The summed E-state index contributed by atoms with van der Waals surface area (Å²) in [6, 6.07) is 0. The quantitative estimate of drug-likeness (QED) is 0.497. The van der Waals surface area contributed by atoms with Gasteiger partial charge in [0.2, 0.25) is 0 Å². The smallest absolute Gasteiger partial charge is 0.149 e. The number of carbonyl (C=O) groups is 2. The maximum absolute atomic E-state index is 11.4. The molecule has 0 radical (unpaired) electrons. The van der Waals surface area contributed by atoms with Crippen molar-refractivity contribution in [3.05, 3.63) is 12.2 Å². The molecule has 0 spiro atoms. The second kappa shape index (κ2) is 8.18. The van der Waals surface area contributed by atoms with Crippen LogP contribution in [0.25, 0.3) is 0 Å². The molecule has 0 rings (SSSR count). The van der Waals surface area contributed by atoms with Crippen LogP contribution in [0.15, 0.2) is 12.2 Å². The summed E-state index contributed by atoms with van der Waals surface area (Å²) < 4.78 is 0. The Labute approximate surface area is 105 Å². The second-order valence-electron chi connectivity index (χ2n) is 4.74. The Morgan fingerprint density at radius 3 is 2.24 bits per heavy atom. The first-order valence-corrected chi connectivity index (χ1v) is 6.27. The molecule has 98 valence electrons. The SMILES string of the molecule is CN[C@@](C)(CCC/C=C\CCC(C)=O)C(C)=O. The lowest BCUT2D eigenvalue weighted by Gasteiger charge is -2.25. The van der Waals surface area contributed by atoms with E-state index < -0.39 is 5.54 Å². The molecule has 0 aliphatic heterocycles. The molecule has 0 saturated carbocycles. The summed E-state index contributed by atoms with van der Waals surface area (Å²) in [6.45, 7) is 5.17. The zero-order valence-corrected chi connectivity index (χ0v) is 11.5. The Hall–Kier alpha value is -0.960. The number of likely N-dealkylation sites (N-methyl/N-ethyl adjacent to an activating group) is 1. The van der Waals surface area contributed by atoms with Crippen LogP contribution in [-0.4, -0.2) is 24.2 Å². The third-order valence-electron chi connectivity index (χ3n) is 3.21. The Bertz CT molecular complexity index is 284. The molecular formula is C14H25NO2. The van der Waals surface area contributed by atoms with Gasteiger partial charge in [-0.1, -0.05) is 12.2 Å². The molecule has 3 heteroatoms. The maximum atomic E-state index is 11.4. The second-order valence-corrected chi connectivity index (χ2v) is 4.74. The van der Waals surface area contributed by atoms with Gasteiger partial charge in [-0.05, 0) is 53.5 Å². The van der Waals surface area contributed by atoms with Crippen LogP contribution in [0, 0.1) is 0 Å². The summed E-state index contributed by atoms with van der Waals surface area (Å²) in [6.07, 6.45) is 8.38. The van der Waals surface area contributed by atoms with E-state index in [9.17, 15) is 9.59 Å². The largest absolute Gasteiger partial charge is 0.308 e. The fraction of sp³-hybridized carbons (Fsp3) is 0.714. The molecule has 0 unspecified atom stereocenters. The van der Waals surface area contributed by atoms with Crippen molar-refractivity contribution in [2.75, 3.05) is 7.05 Å². The zero-order valence-electron chi connectivity index (χ0n) is 11.5. The van der Waals surface area contributed by atoms with Crippen molar-refractivity contribution in [3.63, 3.8) is 0 Å². The Morgan fingerprint density at radius 1 is 1.18 bits per heavy atom. The predicted octanol–water partition coefficient (Wildman–Crippen LogP) is 2.65. The minimum absolute atomic E-state index is 0.181. The first-order valence-electron chi connectivity index (χ1n) is 6.27. The lowest BCUT2D eigenvalue weighted by Crippen LogP contribution is -2.46. The maximum Gasteiger partial charge on any atom is 0.149 e. The van der Waals surface area contributed by atoms with Crippen LogP contribution in [0.2, 0.25) is 0 Å². The lowest BCUT2D eigenvalue weighted by molar-refractivity contribution is -0.122. The van der Waals surface area contributed by atoms with Gasteiger partial charge in [-0.25, -0.2) is 0 Å². The van der Waals surface area contributed by atoms with Crippen molar-refractivity contribution in [1.82, 2.24) is 5.32 Å². The average molecular weight is 239 g/mol. The summed E-state index contributed by atoms with van der Waals surface area (Å²) >= 11 is 0. The summed E-state index contributed by atoms with van der Waals surface area (Å²) in [4.78, 5) is 22.1. The van der Waals surface area contributed by atoms with Gasteiger partial charge in [-0.2, -0.15) is 0 Å². The summed E-state index contributed by atoms with van der Waals surface area (Å²) in [5.74, 6) is 0.412. The van der Waals surface area contributed by atoms with E-state index in [2.05, 4.69) is 11.4 Å². The molecule has 0 aliphatic carbocycles. The molecule has 0 amide bonds. The average Bonchev–Trinajstić information content (AvgIpc) is 2.26. The molecule has 0 saturated heterocycles. The lowest BCUT2D eigenvalue weighted by atomic mass is 9.91. The Balaban J connectivity index is 3.76. The van der Waals surface area contributed by atoms with E-state index in [0.717, 1.165) is 25.7 Å². The van der Waals surface area contributed by atoms with E-state index in [4.69, 9.17) is 0 Å². The number of hydrogen-bond acceptors (Lipinski definition) is 3. The van der Waals surface area contributed by atoms with E-state index in [1.807, 2.05) is 20.0 Å². The number of hydrogen-bond donors (Lipinski definition) is 1. The highest BCUT2D eigenvalue weighted by molar-refractivity contribution is 5.85. The van der Waals surface area contributed by atoms with Crippen molar-refractivity contribution >= 4 is 11.6 Å². The normalized spacial score (nSPS) is 14.8. The first kappa shape index (κ1) is 16.0. The van der Waals surface area contributed by atoms with Gasteiger partial charge in [0, 0.05) is 6.42 Å². The van der Waals surface area contributed by atoms with Gasteiger partial charge in [0.05, 0.1) is 5.54 Å². The van der Waals surface area contributed by atoms with Crippen molar-refractivity contribution in [1.29, 1.82) is 0 Å². The number of unbranched alkanes of at least 4 members (excludes halogenated alkanes) is 1. The van der Waals surface area contributed by atoms with Crippen molar-refractivity contribution in [2.45, 2.75) is 58.4 Å². The molecule has 0 aromatic heterocycles. The summed E-state index contributed by atoms with van der Waals surface area (Å²) in [5.41, 5.74) is -0.396. The van der Waals surface area contributed by atoms with E-state index in [1.165, 1.54) is 0 Å². The molecule has 0 heterocycles. The number of ketones is 2. The highest BCUT2D eigenvalue weighted by atomic mass is 16.1. The standard InChI is InChI=1S/C14H25NO2/c1-12(16)10-8-6-5-7-9-11-14(3,15-4)13(2)17/h5-6,15H,7-11H2,1-4H3/b6-5-/t14-/m0/s1. The van der Waals surface area contributed by atoms with Crippen LogP contribution < -0.4 is 5.32 Å². The number of carbonyl (C=O) groups excluding carboxylic acids is 2. The Kier molecular flexibility index (Phi) is 7.72. The van der Waals surface area contributed by atoms with Crippen molar-refractivity contribution in [2.24, 2.45) is 0 Å². The van der Waals surface area contributed by atoms with Gasteiger partial charge in [0.25, 0.3) is 0 Å². The van der Waals surface area contributed by atoms with Crippen LogP contribution >= 0.6 is 0 Å². The molecule has 1 atom stereocenters. The monoisotopic (exact) mass is 239 g/mol. The third-order valence-corrected chi connectivity index (χ3v) is 3.21. The molecule has 0 bridgehead atoms. The minimum atomic E-state index is -0.396. The molecule has 0 fully saturated rings. The van der Waals surface area contributed by atoms with Crippen molar-refractivity contribution in [3.8, 4) is 0 Å². The number of nitrogens with one attached hydrogen (secondary N) is 1. The minimum Gasteiger partial charge on any atom is -0.308 e. The van der Waals surface area contributed by atoms with Gasteiger partial charge in [0.1, 0.15) is 11.6 Å². The van der Waals surface area contributed by atoms with Crippen molar-refractivity contribution < 1.29 is 9.59 Å². The summed E-state index contributed by atoms with van der Waals surface area (Å²) in [5, 5.41) is 3.08. The molecular weight excluding hydrogens is 214 g/mol. The van der Waals surface area contributed by atoms with Gasteiger partial charge in [-0.3, -0.25) is 4.79 Å². The molecule has 0 aliphatic rings. The molecule has 0 aromatic rings. The van der Waals surface area contributed by atoms with Gasteiger partial charge in [0.15, 0.2) is 0 Å². The number of Topliss-reactive ketones (excluding diaryl/α,β-unsaturated/α-hetero) is 2. The van der Waals surface area contributed by atoms with Gasteiger partial charge in [-0.15, -0.1) is 0 Å². The topological polar surface area (TPSA) is 46.2 Å². The van der Waals surface area contributed by atoms with Crippen LogP contribution in [0.3, 0.4) is 0 Å². The zero-order chi connectivity index (χ0) is 13.3. The fourth-order valence-corrected chi connectivity index (χ4v) is 1.57. The Morgan fingerprint density at radius 2 is 1.76 bits per heavy atom. The van der Waals surface area contributed by atoms with E-state index in [0.29, 0.717) is 6.42 Å². The van der Waals surface area contributed by atoms with Crippen LogP contribution in [0.4, 0.5) is 0 Å². The highest BCUT2D eigenvalue weighted by Gasteiger charge is 2.26. The summed E-state index contributed by atoms with van der Waals surface area (Å²) in [7, 11) is 1.82. The first-order chi connectivity index (χ1) is 7.92. The highest BCUT2D eigenvalue weighted by Crippen LogP contribution is 2.14. The third kappa shape index (κ3) is 7.05. The molecule has 17 heavy (non-hydrogen) atoms. The predicted molar refractivity (Wildman–Crippen MR) is 71.1 cm³/mol. The van der Waals surface area contributed by atoms with Gasteiger partial charge >= 0.3 is 0 Å². The van der Waals surface area contributed by atoms with E-state index in [1.54, 1.807) is 13.8 Å². The van der Waals surface area contributed by atoms with Crippen LogP contribution in [-0.2, 0) is 9.59 Å². The van der Waals surface area contributed by atoms with E-state index in [-0.39, 0.29) is 11.6 Å². The van der Waals surface area contributed by atoms with E-state index >= 15 is 0 Å². The number of rotatable bonds is 9. The van der Waals surface area contributed by atoms with Crippen LogP contribution in [0.1, 0.15) is 52.9 Å². The van der Waals surface area contributed by atoms with Crippen LogP contribution in [0.5, 0.6) is 0 Å². The molecule has 1 N–H and O–H groups in total.